The van der Waals surface area contributed by atoms with Gasteiger partial charge in [-0.05, 0) is 24.3 Å². The smallest absolute Gasteiger partial charge is 0.191 e. The highest BCUT2D eigenvalue weighted by Crippen LogP contribution is 2.23. The zero-order valence-corrected chi connectivity index (χ0v) is 17.7. The minimum Gasteiger partial charge on any atom is -0.207 e. The summed E-state index contributed by atoms with van der Waals surface area (Å²) in [7, 11) is 0. The van der Waals surface area contributed by atoms with E-state index in [-0.39, 0.29) is 24.3 Å². The normalized spacial score (nSPS) is 11.8. The molecule has 0 saturated heterocycles. The summed E-state index contributed by atoms with van der Waals surface area (Å²) in [6.45, 7) is 0. The van der Waals surface area contributed by atoms with E-state index in [1.165, 1.54) is 0 Å². The summed E-state index contributed by atoms with van der Waals surface area (Å²) in [6, 6.07) is 1.97. The van der Waals surface area contributed by atoms with Gasteiger partial charge in [0.1, 0.15) is 29.4 Å². The van der Waals surface area contributed by atoms with Gasteiger partial charge in [-0.1, -0.05) is 24.3 Å². The van der Waals surface area contributed by atoms with Crippen molar-refractivity contribution in [2.45, 2.75) is 0 Å². The summed E-state index contributed by atoms with van der Waals surface area (Å²) in [4.78, 5) is 0. The molecule has 0 bridgehead atoms. The molecule has 0 spiro atoms. The van der Waals surface area contributed by atoms with Crippen molar-refractivity contribution in [3.63, 3.8) is 0 Å². The molecule has 0 aromatic heterocycles. The van der Waals surface area contributed by atoms with Crippen LogP contribution in [0, 0.1) is 69.8 Å². The number of halogens is 12. The van der Waals surface area contributed by atoms with Gasteiger partial charge >= 0.3 is 0 Å². The minimum absolute atomic E-state index is 0.192. The standard InChI is InChI=1S/C24H8BF12/c26-13-5-1-9(17(30)21(13)34)25(10-2-6-14(27)22(35)18(10)31,11-3-7-15(28)23(36)19(11)32)12-4-8-16(29)24(37)20(12)33/h1-8H/q-1. The van der Waals surface area contributed by atoms with Crippen molar-refractivity contribution < 1.29 is 52.7 Å². The van der Waals surface area contributed by atoms with Gasteiger partial charge < -0.3 is 0 Å². The van der Waals surface area contributed by atoms with Gasteiger partial charge in [0.15, 0.2) is 46.5 Å². The fraction of sp³-hybridized carbons (Fsp3) is 0. The fourth-order valence-electron chi connectivity index (χ4n) is 4.51. The molecule has 4 aromatic carbocycles. The first-order valence-corrected chi connectivity index (χ1v) is 10.1. The van der Waals surface area contributed by atoms with Crippen molar-refractivity contribution in [3.05, 3.63) is 118 Å². The molecule has 0 N–H and O–H groups in total. The molecule has 37 heavy (non-hydrogen) atoms. The van der Waals surface area contributed by atoms with E-state index >= 15 is 17.6 Å². The van der Waals surface area contributed by atoms with Crippen molar-refractivity contribution in [3.8, 4) is 0 Å². The Morgan fingerprint density at radius 1 is 0.270 bits per heavy atom. The molecule has 0 unspecified atom stereocenters. The van der Waals surface area contributed by atoms with E-state index in [0.29, 0.717) is 24.3 Å². The summed E-state index contributed by atoms with van der Waals surface area (Å²) in [5, 5.41) is 0. The Bertz CT molecular complexity index is 1330. The van der Waals surface area contributed by atoms with E-state index in [2.05, 4.69) is 0 Å². The van der Waals surface area contributed by atoms with Crippen LogP contribution in [0.2, 0.25) is 0 Å². The van der Waals surface area contributed by atoms with E-state index in [0.717, 1.165) is 0 Å². The maximum absolute atomic E-state index is 15.3. The highest BCUT2D eigenvalue weighted by atomic mass is 19.2. The molecule has 4 rings (SSSR count). The maximum atomic E-state index is 15.3. The van der Waals surface area contributed by atoms with E-state index in [4.69, 9.17) is 0 Å². The van der Waals surface area contributed by atoms with Gasteiger partial charge in [-0.25, -0.2) is 52.7 Å². The molecule has 192 valence electrons. The Morgan fingerprint density at radius 3 is 0.649 bits per heavy atom. The third-order valence-electron chi connectivity index (χ3n) is 6.13. The third kappa shape index (κ3) is 3.75. The van der Waals surface area contributed by atoms with Crippen molar-refractivity contribution in [2.24, 2.45) is 0 Å². The van der Waals surface area contributed by atoms with Gasteiger partial charge in [0.25, 0.3) is 0 Å². The van der Waals surface area contributed by atoms with Crippen LogP contribution in [0.3, 0.4) is 0 Å². The highest BCUT2D eigenvalue weighted by molar-refractivity contribution is 7.20. The van der Waals surface area contributed by atoms with Crippen LogP contribution in [0.1, 0.15) is 0 Å². The summed E-state index contributed by atoms with van der Waals surface area (Å²) in [6.07, 6.45) is -4.58. The van der Waals surface area contributed by atoms with E-state index in [1.54, 1.807) is 0 Å². The quantitative estimate of drug-likeness (QED) is 0.202. The van der Waals surface area contributed by atoms with Crippen LogP contribution in [0.5, 0.6) is 0 Å². The molecule has 0 nitrogen and oxygen atoms in total. The minimum atomic E-state index is -4.58. The van der Waals surface area contributed by atoms with Crippen LogP contribution in [0.25, 0.3) is 0 Å². The predicted molar refractivity (Wildman–Crippen MR) is 110 cm³/mol. The van der Waals surface area contributed by atoms with Crippen LogP contribution in [-0.2, 0) is 0 Å². The second-order valence-corrected chi connectivity index (χ2v) is 7.92. The lowest BCUT2D eigenvalue weighted by Gasteiger charge is -2.44. The molecular formula is C24H8BF12-. The Balaban J connectivity index is 2.39. The van der Waals surface area contributed by atoms with Gasteiger partial charge in [-0.3, -0.25) is 0 Å². The first-order valence-electron chi connectivity index (χ1n) is 10.1. The Morgan fingerprint density at radius 2 is 0.459 bits per heavy atom. The van der Waals surface area contributed by atoms with Gasteiger partial charge in [0.2, 0.25) is 0 Å². The van der Waals surface area contributed by atoms with Gasteiger partial charge in [-0.15, -0.1) is 0 Å². The molecule has 0 heterocycles. The molecule has 0 radical (unpaired) electrons. The highest BCUT2D eigenvalue weighted by Gasteiger charge is 2.43. The summed E-state index contributed by atoms with van der Waals surface area (Å²) in [5.74, 6) is -25.8. The predicted octanol–water partition coefficient (Wildman–Crippen LogP) is 4.73. The Hall–Kier alpha value is -3.90. The lowest BCUT2D eigenvalue weighted by molar-refractivity contribution is 0.446. The van der Waals surface area contributed by atoms with Crippen LogP contribution in [-0.4, -0.2) is 6.15 Å². The third-order valence-corrected chi connectivity index (χ3v) is 6.13. The molecule has 13 heteroatoms. The molecule has 0 fully saturated rings. The summed E-state index contributed by atoms with van der Waals surface area (Å²) < 4.78 is 174. The Kier molecular flexibility index (Phi) is 6.51. The number of hydrogen-bond acceptors (Lipinski definition) is 0. The van der Waals surface area contributed by atoms with E-state index < -0.39 is 97.8 Å². The van der Waals surface area contributed by atoms with Crippen molar-refractivity contribution in [1.29, 1.82) is 0 Å². The molecule has 0 aliphatic carbocycles. The van der Waals surface area contributed by atoms with Gasteiger partial charge in [0.05, 0.1) is 0 Å². The fourth-order valence-corrected chi connectivity index (χ4v) is 4.51. The molecule has 0 saturated carbocycles. The lowest BCUT2D eigenvalue weighted by atomic mass is 9.12. The van der Waals surface area contributed by atoms with Crippen molar-refractivity contribution in [1.82, 2.24) is 0 Å². The molecule has 0 aliphatic rings. The second kappa shape index (κ2) is 9.20. The average Bonchev–Trinajstić information content (AvgIpc) is 2.86. The maximum Gasteiger partial charge on any atom is 0.191 e. The summed E-state index contributed by atoms with van der Waals surface area (Å²) in [5.41, 5.74) is -5.67. The van der Waals surface area contributed by atoms with Crippen LogP contribution < -0.4 is 21.9 Å². The van der Waals surface area contributed by atoms with Crippen LogP contribution in [0.4, 0.5) is 52.7 Å². The first kappa shape index (κ1) is 26.2. The monoisotopic (exact) mass is 535 g/mol. The van der Waals surface area contributed by atoms with Gasteiger partial charge in [-0.2, -0.15) is 21.9 Å². The molecule has 0 aliphatic heterocycles. The molecule has 0 atom stereocenters. The van der Waals surface area contributed by atoms with E-state index in [9.17, 15) is 35.1 Å². The number of benzene rings is 4. The van der Waals surface area contributed by atoms with Gasteiger partial charge in [0, 0.05) is 0 Å². The Labute approximate surface area is 199 Å². The topological polar surface area (TPSA) is 0 Å². The zero-order valence-electron chi connectivity index (χ0n) is 17.7. The largest absolute Gasteiger partial charge is 0.207 e. The molecular weight excluding hydrogens is 527 g/mol. The van der Waals surface area contributed by atoms with Crippen LogP contribution in [0.15, 0.2) is 48.5 Å². The zero-order chi connectivity index (χ0) is 27.4. The van der Waals surface area contributed by atoms with E-state index in [1.807, 2.05) is 0 Å². The lowest BCUT2D eigenvalue weighted by Crippen LogP contribution is -2.78. The molecule has 4 aromatic rings. The average molecular weight is 535 g/mol. The SMILES string of the molecule is Fc1ccc([B-](c2ccc(F)c(F)c2F)(c2ccc(F)c(F)c2F)c2ccc(F)c(F)c2F)c(F)c1F. The molecule has 0 amide bonds. The van der Waals surface area contributed by atoms with Crippen molar-refractivity contribution in [2.75, 3.05) is 0 Å². The van der Waals surface area contributed by atoms with Crippen molar-refractivity contribution >= 4 is 28.0 Å². The second-order valence-electron chi connectivity index (χ2n) is 7.92. The summed E-state index contributed by atoms with van der Waals surface area (Å²) >= 11 is 0. The first-order chi connectivity index (χ1) is 17.3. The number of hydrogen-bond donors (Lipinski definition) is 0. The van der Waals surface area contributed by atoms with Crippen LogP contribution >= 0.6 is 0 Å². The number of rotatable bonds is 4.